The van der Waals surface area contributed by atoms with Crippen molar-refractivity contribution < 1.29 is 24.2 Å². The molecular weight excluding hydrogens is 420 g/mol. The van der Waals surface area contributed by atoms with Crippen LogP contribution in [0.5, 0.6) is 0 Å². The van der Waals surface area contributed by atoms with Crippen LogP contribution in [0.25, 0.3) is 11.1 Å². The Labute approximate surface area is 192 Å². The molecule has 1 saturated heterocycles. The molecule has 0 saturated carbocycles. The summed E-state index contributed by atoms with van der Waals surface area (Å²) in [5.41, 5.74) is 4.62. The van der Waals surface area contributed by atoms with Crippen molar-refractivity contribution in [3.63, 3.8) is 0 Å². The first-order valence-electron chi connectivity index (χ1n) is 11.1. The van der Waals surface area contributed by atoms with Gasteiger partial charge in [0.2, 0.25) is 0 Å². The maximum atomic E-state index is 12.2. The average Bonchev–Trinajstić information content (AvgIpc) is 3.14. The van der Waals surface area contributed by atoms with Crippen LogP contribution in [0.4, 0.5) is 4.79 Å². The van der Waals surface area contributed by atoms with Gasteiger partial charge in [-0.25, -0.2) is 4.79 Å². The largest absolute Gasteiger partial charge is 0.481 e. The SMILES string of the molecule is O=C(O)CC1CCN(C(=O)C#CCNC(=O)OCC2c3ccccc3-c3ccccc32)CC1. The van der Waals surface area contributed by atoms with Crippen LogP contribution in [-0.4, -0.2) is 54.2 Å². The van der Waals surface area contributed by atoms with Gasteiger partial charge in [0.1, 0.15) is 6.61 Å². The van der Waals surface area contributed by atoms with Crippen molar-refractivity contribution in [1.29, 1.82) is 0 Å². The third kappa shape index (κ3) is 5.35. The molecule has 33 heavy (non-hydrogen) atoms. The average molecular weight is 447 g/mol. The predicted molar refractivity (Wildman–Crippen MR) is 122 cm³/mol. The van der Waals surface area contributed by atoms with Gasteiger partial charge in [-0.2, -0.15) is 0 Å². The molecular formula is C26H26N2O5. The normalized spacial score (nSPS) is 15.1. The number of carboxylic acid groups (broad SMARTS) is 1. The lowest BCUT2D eigenvalue weighted by molar-refractivity contribution is -0.138. The lowest BCUT2D eigenvalue weighted by Gasteiger charge is -2.29. The molecule has 170 valence electrons. The number of rotatable bonds is 5. The predicted octanol–water partition coefficient (Wildman–Crippen LogP) is 3.24. The summed E-state index contributed by atoms with van der Waals surface area (Å²) < 4.78 is 5.45. The lowest BCUT2D eigenvalue weighted by Crippen LogP contribution is -2.38. The lowest BCUT2D eigenvalue weighted by atomic mass is 9.93. The van der Waals surface area contributed by atoms with Gasteiger partial charge in [0, 0.05) is 25.4 Å². The van der Waals surface area contributed by atoms with Crippen LogP contribution in [0.2, 0.25) is 0 Å². The first kappa shape index (κ1) is 22.4. The summed E-state index contributed by atoms with van der Waals surface area (Å²) in [7, 11) is 0. The Balaban J connectivity index is 1.23. The highest BCUT2D eigenvalue weighted by Gasteiger charge is 2.29. The van der Waals surface area contributed by atoms with Crippen LogP contribution < -0.4 is 5.32 Å². The number of likely N-dealkylation sites (tertiary alicyclic amines) is 1. The van der Waals surface area contributed by atoms with Crippen molar-refractivity contribution in [2.24, 2.45) is 5.92 Å². The summed E-state index contributed by atoms with van der Waals surface area (Å²) in [6.45, 7) is 1.24. The zero-order valence-corrected chi connectivity index (χ0v) is 18.3. The van der Waals surface area contributed by atoms with Crippen molar-refractivity contribution in [2.45, 2.75) is 25.2 Å². The van der Waals surface area contributed by atoms with Gasteiger partial charge in [0.05, 0.1) is 6.54 Å². The number of aliphatic carboxylic acids is 1. The number of nitrogens with one attached hydrogen (secondary N) is 1. The molecule has 2 aromatic rings. The highest BCUT2D eigenvalue weighted by atomic mass is 16.5. The zero-order chi connectivity index (χ0) is 23.2. The Hall–Kier alpha value is -3.79. The van der Waals surface area contributed by atoms with Crippen molar-refractivity contribution in [3.8, 4) is 23.0 Å². The van der Waals surface area contributed by atoms with Gasteiger partial charge >= 0.3 is 12.1 Å². The summed E-state index contributed by atoms with van der Waals surface area (Å²) in [6, 6.07) is 16.3. The molecule has 0 spiro atoms. The number of hydrogen-bond acceptors (Lipinski definition) is 4. The van der Waals surface area contributed by atoms with E-state index in [0.29, 0.717) is 25.9 Å². The van der Waals surface area contributed by atoms with E-state index >= 15 is 0 Å². The number of amides is 2. The fourth-order valence-electron chi connectivity index (χ4n) is 4.55. The smallest absolute Gasteiger partial charge is 0.407 e. The van der Waals surface area contributed by atoms with Crippen LogP contribution in [0.15, 0.2) is 48.5 Å². The number of alkyl carbamates (subject to hydrolysis) is 1. The van der Waals surface area contributed by atoms with E-state index in [2.05, 4.69) is 41.4 Å². The standard InChI is InChI=1S/C26H26N2O5/c29-24(28-14-11-18(12-15-28)16-25(30)31)10-5-13-27-26(32)33-17-23-21-8-3-1-6-19(21)20-7-2-4-9-22(20)23/h1-4,6-9,18,23H,11-17H2,(H,27,32)(H,30,31). The minimum absolute atomic E-state index is 0.0118. The Morgan fingerprint density at radius 1 is 1.00 bits per heavy atom. The van der Waals surface area contributed by atoms with E-state index < -0.39 is 12.1 Å². The molecule has 2 N–H and O–H groups in total. The number of nitrogens with zero attached hydrogens (tertiary/aromatic N) is 1. The van der Waals surface area contributed by atoms with E-state index in [-0.39, 0.29) is 37.3 Å². The van der Waals surface area contributed by atoms with Gasteiger partial charge < -0.3 is 20.1 Å². The van der Waals surface area contributed by atoms with E-state index in [1.54, 1.807) is 4.90 Å². The van der Waals surface area contributed by atoms with Crippen LogP contribution in [0.3, 0.4) is 0 Å². The minimum atomic E-state index is -0.807. The summed E-state index contributed by atoms with van der Waals surface area (Å²) in [5, 5.41) is 11.4. The van der Waals surface area contributed by atoms with Gasteiger partial charge in [0.25, 0.3) is 5.91 Å². The molecule has 1 heterocycles. The second kappa shape index (κ2) is 10.2. The van der Waals surface area contributed by atoms with Gasteiger partial charge in [-0.15, -0.1) is 0 Å². The quantitative estimate of drug-likeness (QED) is 0.688. The van der Waals surface area contributed by atoms with Crippen molar-refractivity contribution >= 4 is 18.0 Å². The molecule has 7 nitrogen and oxygen atoms in total. The first-order chi connectivity index (χ1) is 16.0. The van der Waals surface area contributed by atoms with E-state index in [9.17, 15) is 14.4 Å². The van der Waals surface area contributed by atoms with Crippen molar-refractivity contribution in [1.82, 2.24) is 10.2 Å². The first-order valence-corrected chi connectivity index (χ1v) is 11.1. The minimum Gasteiger partial charge on any atom is -0.481 e. The molecule has 7 heteroatoms. The van der Waals surface area contributed by atoms with Crippen LogP contribution in [-0.2, 0) is 14.3 Å². The van der Waals surface area contributed by atoms with Gasteiger partial charge in [-0.1, -0.05) is 54.5 Å². The highest BCUT2D eigenvalue weighted by molar-refractivity contribution is 5.93. The Kier molecular flexibility index (Phi) is 6.94. The summed E-state index contributed by atoms with van der Waals surface area (Å²) in [5.74, 6) is 4.18. The molecule has 4 rings (SSSR count). The van der Waals surface area contributed by atoms with Crippen molar-refractivity contribution in [2.75, 3.05) is 26.2 Å². The molecule has 1 aliphatic heterocycles. The maximum Gasteiger partial charge on any atom is 0.407 e. The number of hydrogen-bond donors (Lipinski definition) is 2. The molecule has 2 aliphatic rings. The molecule has 0 aromatic heterocycles. The number of benzene rings is 2. The highest BCUT2D eigenvalue weighted by Crippen LogP contribution is 2.44. The molecule has 0 bridgehead atoms. The zero-order valence-electron chi connectivity index (χ0n) is 18.3. The number of carbonyl (C=O) groups excluding carboxylic acids is 2. The molecule has 0 atom stereocenters. The molecule has 1 aliphatic carbocycles. The third-order valence-corrected chi connectivity index (χ3v) is 6.23. The van der Waals surface area contributed by atoms with E-state index in [0.717, 1.165) is 11.1 Å². The molecule has 2 amide bonds. The van der Waals surface area contributed by atoms with E-state index in [1.165, 1.54) is 11.1 Å². The molecule has 2 aromatic carbocycles. The summed E-state index contributed by atoms with van der Waals surface area (Å²) >= 11 is 0. The Bertz CT molecular complexity index is 1060. The van der Waals surface area contributed by atoms with E-state index in [4.69, 9.17) is 9.84 Å². The van der Waals surface area contributed by atoms with Gasteiger partial charge in [-0.3, -0.25) is 9.59 Å². The van der Waals surface area contributed by atoms with E-state index in [1.807, 2.05) is 24.3 Å². The molecule has 0 unspecified atom stereocenters. The number of fused-ring (bicyclic) bond motifs is 3. The summed E-state index contributed by atoms with van der Waals surface area (Å²) in [4.78, 5) is 36.8. The second-order valence-electron chi connectivity index (χ2n) is 8.31. The fourth-order valence-corrected chi connectivity index (χ4v) is 4.55. The fraction of sp³-hybridized carbons (Fsp3) is 0.346. The number of piperidine rings is 1. The number of ether oxygens (including phenoxy) is 1. The maximum absolute atomic E-state index is 12.2. The molecule has 1 fully saturated rings. The Morgan fingerprint density at radius 2 is 1.61 bits per heavy atom. The summed E-state index contributed by atoms with van der Waals surface area (Å²) in [6.07, 6.45) is 0.890. The van der Waals surface area contributed by atoms with Crippen LogP contribution in [0.1, 0.15) is 36.3 Å². The monoisotopic (exact) mass is 446 g/mol. The van der Waals surface area contributed by atoms with Crippen LogP contribution in [0, 0.1) is 17.8 Å². The number of carboxylic acids is 1. The molecule has 0 radical (unpaired) electrons. The topological polar surface area (TPSA) is 95.9 Å². The third-order valence-electron chi connectivity index (χ3n) is 6.23. The Morgan fingerprint density at radius 3 is 2.21 bits per heavy atom. The van der Waals surface area contributed by atoms with Crippen LogP contribution >= 0.6 is 0 Å². The van der Waals surface area contributed by atoms with Crippen molar-refractivity contribution in [3.05, 3.63) is 59.7 Å². The second-order valence-corrected chi connectivity index (χ2v) is 8.31. The van der Waals surface area contributed by atoms with Gasteiger partial charge in [0.15, 0.2) is 0 Å². The number of carbonyl (C=O) groups is 3. The van der Waals surface area contributed by atoms with Gasteiger partial charge in [-0.05, 0) is 46.9 Å².